The summed E-state index contributed by atoms with van der Waals surface area (Å²) in [6.07, 6.45) is 4.77. The van der Waals surface area contributed by atoms with Crippen LogP contribution in [0.15, 0.2) is 93.4 Å². The molecule has 2 amide bonds. The van der Waals surface area contributed by atoms with Gasteiger partial charge in [0, 0.05) is 28.4 Å². The molecule has 0 aromatic heterocycles. The second-order valence-electron chi connectivity index (χ2n) is 12.8. The third-order valence-electron chi connectivity index (χ3n) is 10.6. The first-order valence-corrected chi connectivity index (χ1v) is 17.5. The quantitative estimate of drug-likeness (QED) is 0.212. The van der Waals surface area contributed by atoms with Gasteiger partial charge in [-0.2, -0.15) is 0 Å². The molecule has 6 atom stereocenters. The molecule has 0 radical (unpaired) electrons. The van der Waals surface area contributed by atoms with Crippen molar-refractivity contribution in [1.29, 1.82) is 0 Å². The lowest BCUT2D eigenvalue weighted by atomic mass is 9.44. The van der Waals surface area contributed by atoms with E-state index in [0.29, 0.717) is 50.6 Å². The number of ether oxygens (including phenoxy) is 1. The number of hydrogen-bond acceptors (Lipinski definition) is 6. The van der Waals surface area contributed by atoms with E-state index in [2.05, 4.69) is 31.9 Å². The molecule has 9 heteroatoms. The lowest BCUT2D eigenvalue weighted by molar-refractivity contribution is -0.140. The Morgan fingerprint density at radius 1 is 0.936 bits per heavy atom. The van der Waals surface area contributed by atoms with Crippen molar-refractivity contribution in [2.45, 2.75) is 37.5 Å². The number of benzene rings is 3. The van der Waals surface area contributed by atoms with Crippen molar-refractivity contribution in [1.82, 2.24) is 4.90 Å². The first-order chi connectivity index (χ1) is 22.7. The van der Waals surface area contributed by atoms with Crippen molar-refractivity contribution < 1.29 is 29.0 Å². The molecule has 4 aliphatic rings. The van der Waals surface area contributed by atoms with Crippen LogP contribution in [0.5, 0.6) is 11.5 Å². The van der Waals surface area contributed by atoms with Gasteiger partial charge in [0.2, 0.25) is 11.8 Å². The largest absolute Gasteiger partial charge is 0.503 e. The number of ketones is 2. The van der Waals surface area contributed by atoms with Gasteiger partial charge in [-0.3, -0.25) is 24.1 Å². The van der Waals surface area contributed by atoms with E-state index in [1.54, 1.807) is 6.07 Å². The van der Waals surface area contributed by atoms with Gasteiger partial charge in [-0.1, -0.05) is 79.2 Å². The molecule has 7 nitrogen and oxygen atoms in total. The molecule has 1 heterocycles. The van der Waals surface area contributed by atoms with Crippen LogP contribution < -0.4 is 4.74 Å². The molecule has 1 aliphatic heterocycles. The zero-order valence-corrected chi connectivity index (χ0v) is 29.1. The fraction of sp³-hybridized carbons (Fsp3) is 0.316. The molecule has 3 aromatic carbocycles. The van der Waals surface area contributed by atoms with E-state index in [0.717, 1.165) is 5.57 Å². The van der Waals surface area contributed by atoms with Crippen molar-refractivity contribution >= 4 is 60.8 Å². The second kappa shape index (κ2) is 12.0. The minimum absolute atomic E-state index is 0.109. The summed E-state index contributed by atoms with van der Waals surface area (Å²) in [5.41, 5.74) is 1.79. The number of allylic oxidation sites excluding steroid dienone is 4. The van der Waals surface area contributed by atoms with Crippen molar-refractivity contribution in [3.63, 3.8) is 0 Å². The highest BCUT2D eigenvalue weighted by molar-refractivity contribution is 9.13. The highest BCUT2D eigenvalue weighted by atomic mass is 79.9. The number of phenols is 1. The van der Waals surface area contributed by atoms with E-state index >= 15 is 4.79 Å². The molecule has 0 spiro atoms. The van der Waals surface area contributed by atoms with E-state index in [4.69, 9.17) is 4.74 Å². The second-order valence-corrected chi connectivity index (χ2v) is 14.3. The standard InChI is InChI=1S/C38H33Br2NO6/c1-3-16-41-36(45)23-15-14-22-25(30(23)37(41)46)17-27-34(43)24(20-10-6-4-7-11-20)19-29(42)38(27,21-12-8-5-9-13-21)31(22)26-18-28(47-2)35(44)33(40)32(26)39/h4-14,18-19,23,25,27,30-31,44H,3,15-17H2,1-2H3/t23-,25+,27-,30-,31+,38-/m0/s1. The number of hydrogen-bond donors (Lipinski definition) is 1. The van der Waals surface area contributed by atoms with E-state index in [9.17, 15) is 19.5 Å². The lowest BCUT2D eigenvalue weighted by Gasteiger charge is -2.55. The summed E-state index contributed by atoms with van der Waals surface area (Å²) < 4.78 is 6.46. The topological polar surface area (TPSA) is 101 Å². The fourth-order valence-electron chi connectivity index (χ4n) is 8.71. The van der Waals surface area contributed by atoms with Crippen molar-refractivity contribution in [2.75, 3.05) is 13.7 Å². The van der Waals surface area contributed by atoms with Crippen LogP contribution in [0.4, 0.5) is 0 Å². The number of phenolic OH excluding ortho intramolecular Hbond substituents is 1. The third-order valence-corrected chi connectivity index (χ3v) is 12.8. The Balaban J connectivity index is 1.55. The zero-order chi connectivity index (χ0) is 33.2. The Kier molecular flexibility index (Phi) is 8.12. The van der Waals surface area contributed by atoms with Gasteiger partial charge < -0.3 is 9.84 Å². The number of Topliss-reactive ketones (excluding diaryl/α,β-unsaturated/α-hetero) is 1. The molecule has 0 unspecified atom stereocenters. The number of amides is 2. The maximum Gasteiger partial charge on any atom is 0.233 e. The molecular weight excluding hydrogens is 726 g/mol. The number of aromatic hydroxyl groups is 1. The lowest BCUT2D eigenvalue weighted by Crippen LogP contribution is -2.59. The Bertz CT molecular complexity index is 1890. The van der Waals surface area contributed by atoms with Crippen LogP contribution in [0.25, 0.3) is 5.57 Å². The zero-order valence-electron chi connectivity index (χ0n) is 25.9. The smallest absolute Gasteiger partial charge is 0.233 e. The normalized spacial score (nSPS) is 28.3. The molecule has 240 valence electrons. The number of methoxy groups -OCH3 is 1. The Morgan fingerprint density at radius 3 is 2.28 bits per heavy atom. The van der Waals surface area contributed by atoms with Crippen molar-refractivity contribution in [2.24, 2.45) is 23.7 Å². The summed E-state index contributed by atoms with van der Waals surface area (Å²) >= 11 is 7.25. The average molecular weight is 759 g/mol. The van der Waals surface area contributed by atoms with Crippen LogP contribution in [0.1, 0.15) is 48.8 Å². The van der Waals surface area contributed by atoms with E-state index in [1.807, 2.05) is 73.7 Å². The number of carbonyl (C=O) groups excluding carboxylic acids is 4. The maximum atomic E-state index is 15.1. The van der Waals surface area contributed by atoms with Gasteiger partial charge in [0.25, 0.3) is 0 Å². The van der Waals surface area contributed by atoms with Gasteiger partial charge in [-0.25, -0.2) is 0 Å². The molecule has 2 fully saturated rings. The summed E-state index contributed by atoms with van der Waals surface area (Å²) in [6, 6.07) is 20.3. The summed E-state index contributed by atoms with van der Waals surface area (Å²) in [4.78, 5) is 59.2. The number of halogens is 2. The van der Waals surface area contributed by atoms with Crippen molar-refractivity contribution in [3.05, 3.63) is 110 Å². The monoisotopic (exact) mass is 757 g/mol. The van der Waals surface area contributed by atoms with Crippen LogP contribution in [-0.2, 0) is 24.6 Å². The van der Waals surface area contributed by atoms with Crippen LogP contribution in [-0.4, -0.2) is 47.0 Å². The van der Waals surface area contributed by atoms with Crippen LogP contribution in [0.3, 0.4) is 0 Å². The Labute approximate surface area is 289 Å². The Morgan fingerprint density at radius 2 is 1.62 bits per heavy atom. The molecule has 0 bridgehead atoms. The third kappa shape index (κ3) is 4.56. The van der Waals surface area contributed by atoms with Crippen LogP contribution in [0.2, 0.25) is 0 Å². The average Bonchev–Trinajstić information content (AvgIpc) is 3.34. The highest BCUT2D eigenvalue weighted by Crippen LogP contribution is 2.65. The Hall–Kier alpha value is -3.82. The fourth-order valence-corrected chi connectivity index (χ4v) is 9.66. The molecule has 7 rings (SSSR count). The SMILES string of the molecule is CCCN1C(=O)[C@H]2[C@H](CC=C3[C@H]2C[C@H]2C(=O)C(c4ccccc4)=CC(=O)[C@@]2(c2ccccc2)[C@H]3c2cc(OC)c(O)c(Br)c2Br)C1=O. The number of imide groups is 1. The molecule has 3 aromatic rings. The number of likely N-dealkylation sites (tertiary alicyclic amines) is 1. The van der Waals surface area contributed by atoms with Gasteiger partial charge in [0.1, 0.15) is 0 Å². The van der Waals surface area contributed by atoms with E-state index < -0.39 is 35.0 Å². The molecule has 1 saturated carbocycles. The predicted molar refractivity (Wildman–Crippen MR) is 184 cm³/mol. The first kappa shape index (κ1) is 31.8. The maximum absolute atomic E-state index is 15.1. The van der Waals surface area contributed by atoms with Gasteiger partial charge in [-0.15, -0.1) is 0 Å². The molecule has 3 aliphatic carbocycles. The molecule has 1 N–H and O–H groups in total. The summed E-state index contributed by atoms with van der Waals surface area (Å²) in [5.74, 6) is -3.87. The van der Waals surface area contributed by atoms with Gasteiger partial charge >= 0.3 is 0 Å². The van der Waals surface area contributed by atoms with Crippen LogP contribution in [0, 0.1) is 23.7 Å². The number of nitrogens with zero attached hydrogens (tertiary/aromatic N) is 1. The van der Waals surface area contributed by atoms with Crippen molar-refractivity contribution in [3.8, 4) is 11.5 Å². The van der Waals surface area contributed by atoms with Gasteiger partial charge in [0.05, 0.1) is 28.8 Å². The highest BCUT2D eigenvalue weighted by Gasteiger charge is 2.66. The predicted octanol–water partition coefficient (Wildman–Crippen LogP) is 7.16. The molecular formula is C38H33Br2NO6. The first-order valence-electron chi connectivity index (χ1n) is 15.9. The summed E-state index contributed by atoms with van der Waals surface area (Å²) in [7, 11) is 1.46. The van der Waals surface area contributed by atoms with E-state index in [-0.39, 0.29) is 41.3 Å². The number of carbonyl (C=O) groups is 4. The summed E-state index contributed by atoms with van der Waals surface area (Å²) in [5, 5.41) is 10.9. The number of rotatable bonds is 6. The van der Waals surface area contributed by atoms with Gasteiger partial charge in [0.15, 0.2) is 23.1 Å². The van der Waals surface area contributed by atoms with Gasteiger partial charge in [-0.05, 0) is 85.9 Å². The summed E-state index contributed by atoms with van der Waals surface area (Å²) in [6.45, 7) is 2.29. The van der Waals surface area contributed by atoms with E-state index in [1.165, 1.54) is 18.1 Å². The number of fused-ring (bicyclic) bond motifs is 4. The van der Waals surface area contributed by atoms with Crippen LogP contribution >= 0.6 is 31.9 Å². The molecule has 1 saturated heterocycles. The minimum atomic E-state index is -1.38. The minimum Gasteiger partial charge on any atom is -0.503 e. The molecule has 47 heavy (non-hydrogen) atoms.